The van der Waals surface area contributed by atoms with E-state index in [1.165, 1.54) is 34.0 Å². The molecule has 0 spiro atoms. The van der Waals surface area contributed by atoms with E-state index in [2.05, 4.69) is 63.8 Å². The van der Waals surface area contributed by atoms with Crippen molar-refractivity contribution in [3.05, 3.63) is 76.8 Å². The van der Waals surface area contributed by atoms with Crippen LogP contribution in [-0.2, 0) is 12.8 Å². The quantitative estimate of drug-likeness (QED) is 0.344. The Balaban J connectivity index is 1.28. The number of nitrogens with one attached hydrogen (secondary N) is 1. The fourth-order valence-corrected chi connectivity index (χ4v) is 7.92. The van der Waals surface area contributed by atoms with Crippen molar-refractivity contribution >= 4 is 21.8 Å². The molecule has 8 rings (SSSR count). The highest BCUT2D eigenvalue weighted by molar-refractivity contribution is 5.87. The molecule has 4 aliphatic heterocycles. The number of para-hydroxylation sites is 1. The minimum Gasteiger partial charge on any atom is -0.508 e. The van der Waals surface area contributed by atoms with E-state index in [0.717, 1.165) is 37.9 Å². The maximum atomic E-state index is 10.1. The number of aromatic amines is 1. The van der Waals surface area contributed by atoms with Crippen LogP contribution < -0.4 is 0 Å². The van der Waals surface area contributed by atoms with E-state index < -0.39 is 0 Å². The van der Waals surface area contributed by atoms with Gasteiger partial charge in [0.1, 0.15) is 5.75 Å². The Bertz CT molecular complexity index is 1540. The molecule has 0 amide bonds. The Kier molecular flexibility index (Phi) is 3.98. The first-order chi connectivity index (χ1) is 17.1. The summed E-state index contributed by atoms with van der Waals surface area (Å²) < 4.78 is 2.69. The van der Waals surface area contributed by atoms with E-state index in [0.29, 0.717) is 29.8 Å². The highest BCUT2D eigenvalue weighted by Gasteiger charge is 2.43. The maximum Gasteiger partial charge on any atom is 0.116 e. The highest BCUT2D eigenvalue weighted by atomic mass is 16.3. The molecular formula is C30H32N4O. The molecule has 0 bridgehead atoms. The second-order valence-electron chi connectivity index (χ2n) is 11.2. The Morgan fingerprint density at radius 3 is 2.69 bits per heavy atom. The zero-order valence-electron chi connectivity index (χ0n) is 20.5. The Labute approximate surface area is 205 Å². The van der Waals surface area contributed by atoms with Crippen LogP contribution in [0, 0.1) is 5.92 Å². The summed E-state index contributed by atoms with van der Waals surface area (Å²) >= 11 is 0. The number of allylic oxidation sites excluding steroid dienone is 1. The lowest BCUT2D eigenvalue weighted by Gasteiger charge is -2.43. The SMILES string of the molecule is CC1C2=CN3CCc4c([nH]c5ccc(O)cc45)C3CC2CC2c3c(c4ccccc4n31)CCN2C. The Hall–Kier alpha value is -3.18. The van der Waals surface area contributed by atoms with E-state index in [1.54, 1.807) is 22.9 Å². The summed E-state index contributed by atoms with van der Waals surface area (Å²) in [6.45, 7) is 4.61. The minimum absolute atomic E-state index is 0.357. The lowest BCUT2D eigenvalue weighted by Crippen LogP contribution is -2.38. The molecule has 2 aromatic carbocycles. The third kappa shape index (κ3) is 2.62. The van der Waals surface area contributed by atoms with Gasteiger partial charge in [0.2, 0.25) is 0 Å². The average molecular weight is 465 g/mol. The van der Waals surface area contributed by atoms with E-state index in [4.69, 9.17) is 0 Å². The smallest absolute Gasteiger partial charge is 0.116 e. The summed E-state index contributed by atoms with van der Waals surface area (Å²) in [5.74, 6) is 0.921. The normalized spacial score (nSPS) is 27.7. The predicted molar refractivity (Wildman–Crippen MR) is 140 cm³/mol. The van der Waals surface area contributed by atoms with Crippen LogP contribution in [0.15, 0.2) is 54.2 Å². The standard InChI is InChI=1S/C30H32N4O/c1-17-24-16-33-12-10-21-23-15-19(35)7-8-25(23)31-29(21)27(33)13-18(24)14-28-30-22(9-11-32(28)2)20-5-3-4-6-26(20)34(17)30/h3-8,15-18,27-28,31,35H,9-14H2,1-2H3. The molecule has 4 unspecified atom stereocenters. The molecule has 5 heteroatoms. The first-order valence-electron chi connectivity index (χ1n) is 13.2. The minimum atomic E-state index is 0.357. The van der Waals surface area contributed by atoms with Crippen LogP contribution in [0.4, 0.5) is 0 Å². The number of benzene rings is 2. The summed E-state index contributed by atoms with van der Waals surface area (Å²) in [6.07, 6.45) is 7.05. The predicted octanol–water partition coefficient (Wildman–Crippen LogP) is 5.83. The van der Waals surface area contributed by atoms with Gasteiger partial charge >= 0.3 is 0 Å². The number of fused-ring (bicyclic) bond motifs is 9. The van der Waals surface area contributed by atoms with Crippen molar-refractivity contribution in [1.29, 1.82) is 0 Å². The average Bonchev–Trinajstić information content (AvgIpc) is 3.36. The molecule has 5 nitrogen and oxygen atoms in total. The Morgan fingerprint density at radius 2 is 1.77 bits per heavy atom. The molecule has 0 fully saturated rings. The van der Waals surface area contributed by atoms with Gasteiger partial charge in [-0.1, -0.05) is 18.2 Å². The number of aromatic nitrogens is 2. The first kappa shape index (κ1) is 20.1. The lowest BCUT2D eigenvalue weighted by atomic mass is 9.78. The van der Waals surface area contributed by atoms with Gasteiger partial charge in [-0.15, -0.1) is 0 Å². The fourth-order valence-electron chi connectivity index (χ4n) is 7.92. The molecule has 4 atom stereocenters. The molecule has 0 aliphatic carbocycles. The zero-order chi connectivity index (χ0) is 23.4. The molecule has 4 aliphatic rings. The lowest BCUT2D eigenvalue weighted by molar-refractivity contribution is 0.160. The van der Waals surface area contributed by atoms with Gasteiger partial charge in [-0.25, -0.2) is 0 Å². The van der Waals surface area contributed by atoms with Gasteiger partial charge in [-0.05, 0) is 86.5 Å². The zero-order valence-corrected chi connectivity index (χ0v) is 20.5. The molecule has 2 aromatic heterocycles. The van der Waals surface area contributed by atoms with Crippen LogP contribution in [0.1, 0.15) is 60.4 Å². The largest absolute Gasteiger partial charge is 0.508 e. The molecule has 0 saturated heterocycles. The highest BCUT2D eigenvalue weighted by Crippen LogP contribution is 2.52. The molecule has 0 saturated carbocycles. The van der Waals surface area contributed by atoms with E-state index in [-0.39, 0.29) is 0 Å². The fraction of sp³-hybridized carbons (Fsp3) is 0.400. The van der Waals surface area contributed by atoms with Gasteiger partial charge in [0, 0.05) is 52.5 Å². The number of H-pyrrole nitrogens is 1. The number of hydrogen-bond donors (Lipinski definition) is 2. The van der Waals surface area contributed by atoms with Gasteiger partial charge < -0.3 is 19.6 Å². The third-order valence-corrected chi connectivity index (χ3v) is 9.57. The van der Waals surface area contributed by atoms with Gasteiger partial charge in [-0.2, -0.15) is 0 Å². The van der Waals surface area contributed by atoms with Gasteiger partial charge in [0.15, 0.2) is 0 Å². The number of rotatable bonds is 0. The van der Waals surface area contributed by atoms with Crippen molar-refractivity contribution in [3.8, 4) is 5.75 Å². The second kappa shape index (κ2) is 6.94. The van der Waals surface area contributed by atoms with Crippen LogP contribution in [0.5, 0.6) is 5.75 Å². The summed E-state index contributed by atoms with van der Waals surface area (Å²) in [5, 5.41) is 12.8. The second-order valence-corrected chi connectivity index (χ2v) is 11.2. The van der Waals surface area contributed by atoms with Gasteiger partial charge in [0.05, 0.1) is 18.1 Å². The molecule has 35 heavy (non-hydrogen) atoms. The number of phenols is 1. The number of nitrogens with zero attached hydrogens (tertiary/aromatic N) is 3. The molecule has 2 N–H and O–H groups in total. The molecule has 178 valence electrons. The van der Waals surface area contributed by atoms with Crippen molar-refractivity contribution in [2.75, 3.05) is 20.1 Å². The van der Waals surface area contributed by atoms with Crippen molar-refractivity contribution in [1.82, 2.24) is 19.4 Å². The van der Waals surface area contributed by atoms with Gasteiger partial charge in [-0.3, -0.25) is 4.90 Å². The summed E-state index contributed by atoms with van der Waals surface area (Å²) in [4.78, 5) is 8.97. The molecular weight excluding hydrogens is 432 g/mol. The number of likely N-dealkylation sites (N-methyl/N-ethyl adjacent to an activating group) is 1. The van der Waals surface area contributed by atoms with Crippen LogP contribution in [0.2, 0.25) is 0 Å². The van der Waals surface area contributed by atoms with Crippen molar-refractivity contribution < 1.29 is 5.11 Å². The summed E-state index contributed by atoms with van der Waals surface area (Å²) in [6, 6.07) is 16.1. The van der Waals surface area contributed by atoms with Crippen LogP contribution >= 0.6 is 0 Å². The first-order valence-corrected chi connectivity index (χ1v) is 13.2. The van der Waals surface area contributed by atoms with Crippen LogP contribution in [0.25, 0.3) is 21.8 Å². The molecule has 0 radical (unpaired) electrons. The van der Waals surface area contributed by atoms with Crippen molar-refractivity contribution in [3.63, 3.8) is 0 Å². The summed E-state index contributed by atoms with van der Waals surface area (Å²) in [7, 11) is 2.33. The molecule has 4 aromatic rings. The van der Waals surface area contributed by atoms with Crippen molar-refractivity contribution in [2.24, 2.45) is 5.92 Å². The van der Waals surface area contributed by atoms with Crippen LogP contribution in [0.3, 0.4) is 0 Å². The van der Waals surface area contributed by atoms with E-state index >= 15 is 0 Å². The van der Waals surface area contributed by atoms with E-state index in [9.17, 15) is 5.11 Å². The van der Waals surface area contributed by atoms with E-state index in [1.807, 2.05) is 12.1 Å². The number of phenolic OH excluding ortho intramolecular Hbond substituents is 1. The molecule has 6 heterocycles. The number of hydrogen-bond acceptors (Lipinski definition) is 3. The topological polar surface area (TPSA) is 47.4 Å². The maximum absolute atomic E-state index is 10.1. The van der Waals surface area contributed by atoms with Crippen molar-refractivity contribution in [2.45, 2.75) is 50.7 Å². The van der Waals surface area contributed by atoms with Gasteiger partial charge in [0.25, 0.3) is 0 Å². The number of aromatic hydroxyl groups is 1. The third-order valence-electron chi connectivity index (χ3n) is 9.57. The Morgan fingerprint density at radius 1 is 0.943 bits per heavy atom. The van der Waals surface area contributed by atoms with Crippen LogP contribution in [-0.4, -0.2) is 44.6 Å². The summed E-state index contributed by atoms with van der Waals surface area (Å²) in [5.41, 5.74) is 10.1. The monoisotopic (exact) mass is 464 g/mol.